The van der Waals surface area contributed by atoms with Gasteiger partial charge in [-0.25, -0.2) is 0 Å². The van der Waals surface area contributed by atoms with Gasteiger partial charge in [-0.1, -0.05) is 6.07 Å². The number of amides is 1. The van der Waals surface area contributed by atoms with Crippen molar-refractivity contribution in [3.05, 3.63) is 78.1 Å². The van der Waals surface area contributed by atoms with E-state index in [1.54, 1.807) is 62.0 Å². The molecule has 0 aliphatic rings. The lowest BCUT2D eigenvalue weighted by Crippen LogP contribution is -2.12. The molecule has 1 heterocycles. The highest BCUT2D eigenvalue weighted by Crippen LogP contribution is 2.29. The SMILES string of the molecule is CCOc1cc(C(=O)Nc2ccc(OC)cc2)ccc1OCc1cccnc1. The topological polar surface area (TPSA) is 69.7 Å². The standard InChI is InChI=1S/C22H22N2O4/c1-3-27-21-13-17(22(25)24-18-7-9-19(26-2)10-8-18)6-11-20(21)28-15-16-5-4-12-23-14-16/h4-14H,3,15H2,1-2H3,(H,24,25). The molecule has 3 rings (SSSR count). The molecule has 144 valence electrons. The van der Waals surface area contributed by atoms with Crippen LogP contribution in [0, 0.1) is 0 Å². The Kier molecular flexibility index (Phi) is 6.46. The number of benzene rings is 2. The van der Waals surface area contributed by atoms with Crippen LogP contribution >= 0.6 is 0 Å². The molecule has 2 aromatic carbocycles. The van der Waals surface area contributed by atoms with Crippen LogP contribution in [0.3, 0.4) is 0 Å². The molecule has 0 aliphatic carbocycles. The normalized spacial score (nSPS) is 10.2. The summed E-state index contributed by atoms with van der Waals surface area (Å²) >= 11 is 0. The minimum absolute atomic E-state index is 0.232. The van der Waals surface area contributed by atoms with Crippen molar-refractivity contribution in [3.63, 3.8) is 0 Å². The van der Waals surface area contributed by atoms with Crippen molar-refractivity contribution in [1.82, 2.24) is 4.98 Å². The van der Waals surface area contributed by atoms with Gasteiger partial charge >= 0.3 is 0 Å². The Labute approximate surface area is 164 Å². The van der Waals surface area contributed by atoms with Gasteiger partial charge in [-0.2, -0.15) is 0 Å². The van der Waals surface area contributed by atoms with Crippen LogP contribution < -0.4 is 19.5 Å². The first-order valence-corrected chi connectivity index (χ1v) is 8.93. The molecule has 6 heteroatoms. The van der Waals surface area contributed by atoms with Crippen molar-refractivity contribution in [1.29, 1.82) is 0 Å². The lowest BCUT2D eigenvalue weighted by Gasteiger charge is -2.13. The summed E-state index contributed by atoms with van der Waals surface area (Å²) in [5.41, 5.74) is 2.11. The Hall–Kier alpha value is -3.54. The van der Waals surface area contributed by atoms with Crippen molar-refractivity contribution in [2.24, 2.45) is 0 Å². The van der Waals surface area contributed by atoms with Crippen molar-refractivity contribution >= 4 is 11.6 Å². The molecule has 0 unspecified atom stereocenters. The van der Waals surface area contributed by atoms with E-state index in [2.05, 4.69) is 10.3 Å². The third-order valence-corrected chi connectivity index (χ3v) is 3.97. The molecule has 0 atom stereocenters. The number of nitrogens with one attached hydrogen (secondary N) is 1. The van der Waals surface area contributed by atoms with Crippen LogP contribution in [0.1, 0.15) is 22.8 Å². The summed E-state index contributed by atoms with van der Waals surface area (Å²) in [7, 11) is 1.60. The predicted octanol–water partition coefficient (Wildman–Crippen LogP) is 4.32. The minimum atomic E-state index is -0.232. The monoisotopic (exact) mass is 378 g/mol. The van der Waals surface area contributed by atoms with Crippen LogP contribution in [-0.4, -0.2) is 24.6 Å². The summed E-state index contributed by atoms with van der Waals surface area (Å²) < 4.78 is 16.6. The highest BCUT2D eigenvalue weighted by molar-refractivity contribution is 6.04. The molecule has 0 fully saturated rings. The number of ether oxygens (including phenoxy) is 3. The third kappa shape index (κ3) is 5.01. The first kappa shape index (κ1) is 19.2. The lowest BCUT2D eigenvalue weighted by atomic mass is 10.1. The Morgan fingerprint density at radius 2 is 1.86 bits per heavy atom. The highest BCUT2D eigenvalue weighted by Gasteiger charge is 2.12. The van der Waals surface area contributed by atoms with Crippen molar-refractivity contribution in [2.45, 2.75) is 13.5 Å². The molecular weight excluding hydrogens is 356 g/mol. The maximum absolute atomic E-state index is 12.6. The predicted molar refractivity (Wildman–Crippen MR) is 107 cm³/mol. The highest BCUT2D eigenvalue weighted by atomic mass is 16.5. The summed E-state index contributed by atoms with van der Waals surface area (Å²) in [6.07, 6.45) is 3.46. The first-order valence-electron chi connectivity index (χ1n) is 8.93. The fourth-order valence-electron chi connectivity index (χ4n) is 2.56. The Morgan fingerprint density at radius 3 is 2.54 bits per heavy atom. The molecule has 0 spiro atoms. The lowest BCUT2D eigenvalue weighted by molar-refractivity contribution is 0.102. The number of pyridine rings is 1. The van der Waals surface area contributed by atoms with E-state index >= 15 is 0 Å². The van der Waals surface area contributed by atoms with Gasteiger partial charge < -0.3 is 19.5 Å². The minimum Gasteiger partial charge on any atom is -0.497 e. The average molecular weight is 378 g/mol. The number of hydrogen-bond donors (Lipinski definition) is 1. The van der Waals surface area contributed by atoms with Gasteiger partial charge in [0.25, 0.3) is 5.91 Å². The number of nitrogens with zero attached hydrogens (tertiary/aromatic N) is 1. The van der Waals surface area contributed by atoms with E-state index in [0.717, 1.165) is 11.3 Å². The van der Waals surface area contributed by atoms with E-state index < -0.39 is 0 Å². The van der Waals surface area contributed by atoms with Gasteiger partial charge in [0.15, 0.2) is 11.5 Å². The number of aromatic nitrogens is 1. The van der Waals surface area contributed by atoms with Gasteiger partial charge in [-0.05, 0) is 55.5 Å². The number of anilines is 1. The zero-order valence-corrected chi connectivity index (χ0v) is 15.8. The zero-order chi connectivity index (χ0) is 19.8. The maximum atomic E-state index is 12.6. The molecule has 6 nitrogen and oxygen atoms in total. The molecule has 0 saturated carbocycles. The van der Waals surface area contributed by atoms with Crippen LogP contribution in [0.25, 0.3) is 0 Å². The molecule has 0 radical (unpaired) electrons. The number of methoxy groups -OCH3 is 1. The van der Waals surface area contributed by atoms with Crippen LogP contribution in [0.2, 0.25) is 0 Å². The third-order valence-electron chi connectivity index (χ3n) is 3.97. The summed E-state index contributed by atoms with van der Waals surface area (Å²) in [5.74, 6) is 1.59. The quantitative estimate of drug-likeness (QED) is 0.632. The molecule has 0 saturated heterocycles. The van der Waals surface area contributed by atoms with Crippen LogP contribution in [0.5, 0.6) is 17.2 Å². The number of carbonyl (C=O) groups is 1. The second-order valence-corrected chi connectivity index (χ2v) is 5.93. The molecular formula is C22H22N2O4. The van der Waals surface area contributed by atoms with Gasteiger partial charge in [-0.3, -0.25) is 9.78 Å². The molecule has 0 aliphatic heterocycles. The van der Waals surface area contributed by atoms with E-state index in [1.807, 2.05) is 19.1 Å². The van der Waals surface area contributed by atoms with Crippen LogP contribution in [-0.2, 0) is 6.61 Å². The zero-order valence-electron chi connectivity index (χ0n) is 15.8. The van der Waals surface area contributed by atoms with E-state index in [1.165, 1.54) is 0 Å². The van der Waals surface area contributed by atoms with E-state index in [9.17, 15) is 4.79 Å². The van der Waals surface area contributed by atoms with Gasteiger partial charge in [-0.15, -0.1) is 0 Å². The first-order chi connectivity index (χ1) is 13.7. The molecule has 28 heavy (non-hydrogen) atoms. The van der Waals surface area contributed by atoms with Crippen molar-refractivity contribution < 1.29 is 19.0 Å². The van der Waals surface area contributed by atoms with E-state index in [4.69, 9.17) is 14.2 Å². The van der Waals surface area contributed by atoms with Crippen molar-refractivity contribution in [2.75, 3.05) is 19.0 Å². The fraction of sp³-hybridized carbons (Fsp3) is 0.182. The van der Waals surface area contributed by atoms with Crippen LogP contribution in [0.15, 0.2) is 67.0 Å². The second-order valence-electron chi connectivity index (χ2n) is 5.93. The van der Waals surface area contributed by atoms with E-state index in [0.29, 0.717) is 36.0 Å². The van der Waals surface area contributed by atoms with E-state index in [-0.39, 0.29) is 5.91 Å². The van der Waals surface area contributed by atoms with Gasteiger partial charge in [0.1, 0.15) is 12.4 Å². The largest absolute Gasteiger partial charge is 0.497 e. The molecule has 1 aromatic heterocycles. The van der Waals surface area contributed by atoms with Crippen molar-refractivity contribution in [3.8, 4) is 17.2 Å². The maximum Gasteiger partial charge on any atom is 0.255 e. The average Bonchev–Trinajstić information content (AvgIpc) is 2.74. The smallest absolute Gasteiger partial charge is 0.255 e. The fourth-order valence-corrected chi connectivity index (χ4v) is 2.56. The summed E-state index contributed by atoms with van der Waals surface area (Å²) in [5, 5.41) is 2.86. The molecule has 1 N–H and O–H groups in total. The van der Waals surface area contributed by atoms with Gasteiger partial charge in [0.2, 0.25) is 0 Å². The Bertz CT molecular complexity index is 912. The van der Waals surface area contributed by atoms with Crippen LogP contribution in [0.4, 0.5) is 5.69 Å². The van der Waals surface area contributed by atoms with Gasteiger partial charge in [0.05, 0.1) is 13.7 Å². The molecule has 3 aromatic rings. The summed E-state index contributed by atoms with van der Waals surface area (Å²) in [6, 6.07) is 16.1. The molecule has 0 bridgehead atoms. The Balaban J connectivity index is 1.72. The molecule has 1 amide bonds. The Morgan fingerprint density at radius 1 is 1.04 bits per heavy atom. The summed E-state index contributed by atoms with van der Waals surface area (Å²) in [6.45, 7) is 2.72. The van der Waals surface area contributed by atoms with Gasteiger partial charge in [0, 0.05) is 29.2 Å². The summed E-state index contributed by atoms with van der Waals surface area (Å²) in [4.78, 5) is 16.6. The number of hydrogen-bond acceptors (Lipinski definition) is 5. The number of rotatable bonds is 8. The second kappa shape index (κ2) is 9.41. The number of carbonyl (C=O) groups excluding carboxylic acids is 1.